The van der Waals surface area contributed by atoms with Gasteiger partial charge in [0.15, 0.2) is 0 Å². The van der Waals surface area contributed by atoms with Crippen LogP contribution in [-0.4, -0.2) is 23.3 Å². The van der Waals surface area contributed by atoms with Crippen LogP contribution in [0.15, 0.2) is 36.4 Å². The molecule has 1 aromatic heterocycles. The number of hydrogen-bond acceptors (Lipinski definition) is 2. The zero-order valence-electron chi connectivity index (χ0n) is 19.6. The molecule has 0 aliphatic carbocycles. The average Bonchev–Trinajstić information content (AvgIpc) is 3.22. The Hall–Kier alpha value is -3.08. The van der Waals surface area contributed by atoms with Gasteiger partial charge >= 0.3 is 0 Å². The van der Waals surface area contributed by atoms with Crippen molar-refractivity contribution in [2.45, 2.75) is 65.7 Å². The first-order valence-corrected chi connectivity index (χ1v) is 11.7. The molecule has 1 aliphatic heterocycles. The van der Waals surface area contributed by atoms with Gasteiger partial charge in [0.1, 0.15) is 0 Å². The van der Waals surface area contributed by atoms with Gasteiger partial charge in [0.2, 0.25) is 0 Å². The lowest BCUT2D eigenvalue weighted by Gasteiger charge is -2.07. The zero-order chi connectivity index (χ0) is 23.1. The summed E-state index contributed by atoms with van der Waals surface area (Å²) < 4.78 is 0. The summed E-state index contributed by atoms with van der Waals surface area (Å²) in [5.74, 6) is -0.185. The van der Waals surface area contributed by atoms with Crippen LogP contribution in [0.25, 0.3) is 11.6 Å². The highest BCUT2D eigenvalue weighted by molar-refractivity contribution is 6.34. The Morgan fingerprint density at radius 3 is 2.62 bits per heavy atom. The lowest BCUT2D eigenvalue weighted by Crippen LogP contribution is -2.25. The highest BCUT2D eigenvalue weighted by Crippen LogP contribution is 2.33. The smallest absolute Gasteiger partial charge is 0.256 e. The van der Waals surface area contributed by atoms with Gasteiger partial charge < -0.3 is 15.6 Å². The summed E-state index contributed by atoms with van der Waals surface area (Å²) in [6.45, 7) is 10.8. The first kappa shape index (κ1) is 23.6. The van der Waals surface area contributed by atoms with E-state index in [0.717, 1.165) is 53.9 Å². The average molecular weight is 434 g/mol. The third-order valence-electron chi connectivity index (χ3n) is 6.05. The van der Waals surface area contributed by atoms with E-state index in [-0.39, 0.29) is 11.8 Å². The van der Waals surface area contributed by atoms with Crippen LogP contribution in [0.3, 0.4) is 0 Å². The largest absolute Gasteiger partial charge is 0.358 e. The Kier molecular flexibility index (Phi) is 8.09. The molecule has 0 atom stereocenters. The van der Waals surface area contributed by atoms with Crippen molar-refractivity contribution in [3.63, 3.8) is 0 Å². The number of para-hydroxylation sites is 1. The van der Waals surface area contributed by atoms with Crippen LogP contribution in [0.2, 0.25) is 0 Å². The van der Waals surface area contributed by atoms with Gasteiger partial charge in [-0.05, 0) is 57.2 Å². The minimum absolute atomic E-state index is 0.0616. The minimum atomic E-state index is -0.123. The van der Waals surface area contributed by atoms with Gasteiger partial charge in [-0.2, -0.15) is 0 Å². The van der Waals surface area contributed by atoms with Gasteiger partial charge in [0.05, 0.1) is 11.1 Å². The van der Waals surface area contributed by atoms with Crippen molar-refractivity contribution in [2.75, 3.05) is 11.9 Å². The topological polar surface area (TPSA) is 74.0 Å². The molecule has 3 N–H and O–H groups in total. The molecule has 0 saturated heterocycles. The highest BCUT2D eigenvalue weighted by Gasteiger charge is 2.25. The van der Waals surface area contributed by atoms with Crippen molar-refractivity contribution in [1.29, 1.82) is 0 Å². The van der Waals surface area contributed by atoms with E-state index in [0.29, 0.717) is 17.7 Å². The van der Waals surface area contributed by atoms with Crippen molar-refractivity contribution in [3.05, 3.63) is 64.5 Å². The standard InChI is InChI=1S/C27H35N3O2/c1-5-12-18(2)13-8-6-7-11-16-28-27(32)25-19(3)24(29-20(25)4)17-22-21-14-9-10-15-23(21)30-26(22)31/h9-10,14-15,17,29H,2,5-8,11-13,16H2,1,3-4H3,(H,28,32)(H,30,31)/b22-17-. The van der Waals surface area contributed by atoms with E-state index in [4.69, 9.17) is 0 Å². The number of anilines is 1. The number of amides is 2. The van der Waals surface area contributed by atoms with Crippen LogP contribution < -0.4 is 10.6 Å². The number of H-pyrrole nitrogens is 1. The number of nitrogens with one attached hydrogen (secondary N) is 3. The maximum absolute atomic E-state index is 12.8. The molecule has 0 unspecified atom stereocenters. The zero-order valence-corrected chi connectivity index (χ0v) is 19.6. The molecule has 2 aromatic rings. The molecule has 5 nitrogen and oxygen atoms in total. The highest BCUT2D eigenvalue weighted by atomic mass is 16.2. The number of aromatic amines is 1. The fourth-order valence-corrected chi connectivity index (χ4v) is 4.31. The fraction of sp³-hybridized carbons (Fsp3) is 0.407. The summed E-state index contributed by atoms with van der Waals surface area (Å²) in [6.07, 6.45) is 9.68. The van der Waals surface area contributed by atoms with E-state index in [1.807, 2.05) is 44.2 Å². The van der Waals surface area contributed by atoms with Gasteiger partial charge in [-0.1, -0.05) is 56.5 Å². The molecule has 1 aliphatic rings. The van der Waals surface area contributed by atoms with Crippen molar-refractivity contribution < 1.29 is 9.59 Å². The molecule has 3 rings (SSSR count). The Morgan fingerprint density at radius 1 is 1.09 bits per heavy atom. The van der Waals surface area contributed by atoms with E-state index < -0.39 is 0 Å². The second-order valence-corrected chi connectivity index (χ2v) is 8.64. The van der Waals surface area contributed by atoms with Crippen LogP contribution in [0.1, 0.15) is 84.7 Å². The van der Waals surface area contributed by atoms with Crippen molar-refractivity contribution >= 4 is 29.2 Å². The second-order valence-electron chi connectivity index (χ2n) is 8.64. The third kappa shape index (κ3) is 5.58. The molecular weight excluding hydrogens is 398 g/mol. The third-order valence-corrected chi connectivity index (χ3v) is 6.05. The molecule has 0 bridgehead atoms. The van der Waals surface area contributed by atoms with Crippen LogP contribution in [0.4, 0.5) is 5.69 Å². The second kappa shape index (κ2) is 11.0. The van der Waals surface area contributed by atoms with E-state index in [9.17, 15) is 9.59 Å². The molecule has 0 saturated carbocycles. The van der Waals surface area contributed by atoms with Gasteiger partial charge in [-0.25, -0.2) is 0 Å². The van der Waals surface area contributed by atoms with Crippen molar-refractivity contribution in [2.24, 2.45) is 0 Å². The number of benzene rings is 1. The fourth-order valence-electron chi connectivity index (χ4n) is 4.31. The quantitative estimate of drug-likeness (QED) is 0.225. The monoisotopic (exact) mass is 433 g/mol. The molecule has 0 spiro atoms. The molecular formula is C27H35N3O2. The van der Waals surface area contributed by atoms with Crippen LogP contribution in [-0.2, 0) is 4.79 Å². The SMILES string of the molecule is C=C(CCC)CCCCCCNC(=O)c1c(C)[nH]c(/C=C2\C(=O)Nc3ccccc32)c1C. The van der Waals surface area contributed by atoms with E-state index >= 15 is 0 Å². The maximum atomic E-state index is 12.8. The maximum Gasteiger partial charge on any atom is 0.256 e. The van der Waals surface area contributed by atoms with E-state index in [1.54, 1.807) is 0 Å². The number of aryl methyl sites for hydroxylation is 1. The Balaban J connectivity index is 1.55. The molecule has 2 heterocycles. The van der Waals surface area contributed by atoms with Gasteiger partial charge in [0, 0.05) is 29.2 Å². The molecule has 0 fully saturated rings. The van der Waals surface area contributed by atoms with Crippen LogP contribution >= 0.6 is 0 Å². The predicted molar refractivity (Wildman–Crippen MR) is 133 cm³/mol. The predicted octanol–water partition coefficient (Wildman–Crippen LogP) is 6.16. The molecule has 32 heavy (non-hydrogen) atoms. The number of allylic oxidation sites excluding steroid dienone is 1. The summed E-state index contributed by atoms with van der Waals surface area (Å²) in [7, 11) is 0. The van der Waals surface area contributed by atoms with Crippen LogP contribution in [0, 0.1) is 13.8 Å². The molecule has 2 amide bonds. The Bertz CT molecular complexity index is 1030. The number of fused-ring (bicyclic) bond motifs is 1. The van der Waals surface area contributed by atoms with E-state index in [1.165, 1.54) is 24.8 Å². The van der Waals surface area contributed by atoms with Crippen LogP contribution in [0.5, 0.6) is 0 Å². The molecule has 0 radical (unpaired) electrons. The first-order chi connectivity index (χ1) is 15.4. The lowest BCUT2D eigenvalue weighted by molar-refractivity contribution is -0.110. The van der Waals surface area contributed by atoms with Gasteiger partial charge in [-0.15, -0.1) is 0 Å². The van der Waals surface area contributed by atoms with Crippen molar-refractivity contribution in [3.8, 4) is 0 Å². The number of aromatic nitrogens is 1. The first-order valence-electron chi connectivity index (χ1n) is 11.7. The van der Waals surface area contributed by atoms with Gasteiger partial charge in [0.25, 0.3) is 11.8 Å². The Morgan fingerprint density at radius 2 is 1.84 bits per heavy atom. The Labute approximate surface area is 191 Å². The number of hydrogen-bond donors (Lipinski definition) is 3. The summed E-state index contributed by atoms with van der Waals surface area (Å²) >= 11 is 0. The summed E-state index contributed by atoms with van der Waals surface area (Å²) in [4.78, 5) is 28.5. The van der Waals surface area contributed by atoms with Crippen molar-refractivity contribution in [1.82, 2.24) is 10.3 Å². The summed E-state index contributed by atoms with van der Waals surface area (Å²) in [5.41, 5.74) is 6.79. The minimum Gasteiger partial charge on any atom is -0.358 e. The number of rotatable bonds is 11. The molecule has 1 aromatic carbocycles. The summed E-state index contributed by atoms with van der Waals surface area (Å²) in [5, 5.41) is 5.94. The summed E-state index contributed by atoms with van der Waals surface area (Å²) in [6, 6.07) is 7.64. The van der Waals surface area contributed by atoms with Gasteiger partial charge in [-0.3, -0.25) is 9.59 Å². The van der Waals surface area contributed by atoms with E-state index in [2.05, 4.69) is 29.1 Å². The molecule has 5 heteroatoms. The lowest BCUT2D eigenvalue weighted by atomic mass is 10.0. The number of carbonyl (C=O) groups excluding carboxylic acids is 2. The number of carbonyl (C=O) groups is 2. The molecule has 170 valence electrons. The number of unbranched alkanes of at least 4 members (excludes halogenated alkanes) is 3. The normalized spacial score (nSPS) is 13.8.